The number of thiocarbonyl (C=S) groups is 1. The zero-order chi connectivity index (χ0) is 8.97. The van der Waals surface area contributed by atoms with Crippen LogP contribution in [0.1, 0.15) is 12.5 Å². The molecule has 0 bridgehead atoms. The van der Waals surface area contributed by atoms with Gasteiger partial charge in [-0.1, -0.05) is 12.2 Å². The average Bonchev–Trinajstić information content (AvgIpc) is 2.05. The summed E-state index contributed by atoms with van der Waals surface area (Å²) >= 11 is 8.52. The highest BCUT2D eigenvalue weighted by Gasteiger charge is 2.02. The number of aromatic nitrogens is 1. The lowest BCUT2D eigenvalue weighted by Gasteiger charge is -2.05. The molecule has 1 heterocycles. The molecule has 0 aliphatic heterocycles. The van der Waals surface area contributed by atoms with Crippen LogP contribution in [0.25, 0.3) is 0 Å². The maximum absolute atomic E-state index is 5.14. The molecule has 0 aliphatic carbocycles. The molecule has 0 amide bonds. The largest absolute Gasteiger partial charge is 0.376 e. The Balaban J connectivity index is 2.87. The highest BCUT2D eigenvalue weighted by atomic mass is 79.9. The van der Waals surface area contributed by atoms with Gasteiger partial charge in [0.05, 0.1) is 0 Å². The van der Waals surface area contributed by atoms with Crippen molar-refractivity contribution in [2.75, 3.05) is 6.54 Å². The van der Waals surface area contributed by atoms with Crippen LogP contribution in [0.5, 0.6) is 0 Å². The van der Waals surface area contributed by atoms with Gasteiger partial charge in [-0.05, 0) is 28.9 Å². The Morgan fingerprint density at radius 2 is 2.50 bits per heavy atom. The fourth-order valence-electron chi connectivity index (χ4n) is 0.815. The first-order valence-electron chi connectivity index (χ1n) is 3.63. The summed E-state index contributed by atoms with van der Waals surface area (Å²) in [6.45, 7) is 2.86. The summed E-state index contributed by atoms with van der Waals surface area (Å²) in [7, 11) is 0. The molecule has 0 saturated heterocycles. The average molecular weight is 245 g/mol. The summed E-state index contributed by atoms with van der Waals surface area (Å²) in [5, 5.41) is 3.08. The highest BCUT2D eigenvalue weighted by Crippen LogP contribution is 2.14. The minimum Gasteiger partial charge on any atom is -0.376 e. The monoisotopic (exact) mass is 244 g/mol. The van der Waals surface area contributed by atoms with Crippen LogP contribution in [0.3, 0.4) is 0 Å². The molecule has 0 fully saturated rings. The standard InChI is InChI=1S/C8H9BrN2S/c1-2-11-8(12)6-3-4-10-5-7(6)9/h3-5H,2H2,1H3,(H,11,12). The molecule has 0 unspecified atom stereocenters. The van der Waals surface area contributed by atoms with Gasteiger partial charge >= 0.3 is 0 Å². The van der Waals surface area contributed by atoms with Crippen LogP contribution >= 0.6 is 28.1 Å². The third-order valence-electron chi connectivity index (χ3n) is 1.35. The SMILES string of the molecule is CCNC(=S)c1ccncc1Br. The Kier molecular flexibility index (Phi) is 3.62. The van der Waals surface area contributed by atoms with E-state index in [-0.39, 0.29) is 0 Å². The first kappa shape index (κ1) is 9.61. The van der Waals surface area contributed by atoms with Gasteiger partial charge in [-0.15, -0.1) is 0 Å². The zero-order valence-corrected chi connectivity index (χ0v) is 9.08. The molecule has 1 aromatic heterocycles. The molecule has 1 N–H and O–H groups in total. The van der Waals surface area contributed by atoms with Crippen LogP contribution in [0.2, 0.25) is 0 Å². The summed E-state index contributed by atoms with van der Waals surface area (Å²) < 4.78 is 0.927. The molecule has 0 aliphatic rings. The number of hydrogen-bond donors (Lipinski definition) is 1. The number of halogens is 1. The number of nitrogens with one attached hydrogen (secondary N) is 1. The highest BCUT2D eigenvalue weighted by molar-refractivity contribution is 9.10. The molecule has 2 nitrogen and oxygen atoms in total. The fourth-order valence-corrected chi connectivity index (χ4v) is 1.72. The number of pyridine rings is 1. The topological polar surface area (TPSA) is 24.9 Å². The molecular weight excluding hydrogens is 236 g/mol. The van der Waals surface area contributed by atoms with E-state index in [4.69, 9.17) is 12.2 Å². The van der Waals surface area contributed by atoms with Crippen LogP contribution < -0.4 is 5.32 Å². The molecule has 0 saturated carbocycles. The van der Waals surface area contributed by atoms with Crippen LogP contribution in [0.15, 0.2) is 22.9 Å². The van der Waals surface area contributed by atoms with Crippen LogP contribution in [0, 0.1) is 0 Å². The third kappa shape index (κ3) is 2.25. The second-order valence-corrected chi connectivity index (χ2v) is 3.48. The van der Waals surface area contributed by atoms with E-state index in [9.17, 15) is 0 Å². The summed E-state index contributed by atoms with van der Waals surface area (Å²) in [5.74, 6) is 0. The summed E-state index contributed by atoms with van der Waals surface area (Å²) in [4.78, 5) is 4.71. The molecule has 0 aromatic carbocycles. The first-order chi connectivity index (χ1) is 5.75. The molecule has 1 aromatic rings. The van der Waals surface area contributed by atoms with Crippen LogP contribution in [-0.4, -0.2) is 16.5 Å². The van der Waals surface area contributed by atoms with Gasteiger partial charge < -0.3 is 5.32 Å². The van der Waals surface area contributed by atoms with Gasteiger partial charge in [-0.3, -0.25) is 4.98 Å². The molecule has 64 valence electrons. The van der Waals surface area contributed by atoms with E-state index in [1.165, 1.54) is 0 Å². The smallest absolute Gasteiger partial charge is 0.107 e. The van der Waals surface area contributed by atoms with Gasteiger partial charge in [-0.25, -0.2) is 0 Å². The van der Waals surface area contributed by atoms with Crippen molar-refractivity contribution >= 4 is 33.1 Å². The van der Waals surface area contributed by atoms with Crippen molar-refractivity contribution in [1.29, 1.82) is 0 Å². The van der Waals surface area contributed by atoms with Crippen LogP contribution in [0.4, 0.5) is 0 Å². The lowest BCUT2D eigenvalue weighted by molar-refractivity contribution is 0.981. The minimum atomic E-state index is 0.756. The molecule has 0 atom stereocenters. The van der Waals surface area contributed by atoms with Crippen molar-refractivity contribution in [3.05, 3.63) is 28.5 Å². The fraction of sp³-hybridized carbons (Fsp3) is 0.250. The predicted octanol–water partition coefficient (Wildman–Crippen LogP) is 2.13. The Labute approximate surface area is 85.5 Å². The van der Waals surface area contributed by atoms with Gasteiger partial charge in [0.1, 0.15) is 4.99 Å². The van der Waals surface area contributed by atoms with E-state index >= 15 is 0 Å². The number of rotatable bonds is 2. The summed E-state index contributed by atoms with van der Waals surface area (Å²) in [5.41, 5.74) is 0.988. The Bertz CT molecular complexity index is 288. The molecule has 1 rings (SSSR count). The van der Waals surface area contributed by atoms with E-state index < -0.39 is 0 Å². The van der Waals surface area contributed by atoms with E-state index in [0.717, 1.165) is 21.6 Å². The second-order valence-electron chi connectivity index (χ2n) is 2.21. The van der Waals surface area contributed by atoms with Gasteiger partial charge in [0.25, 0.3) is 0 Å². The Hall–Kier alpha value is -0.480. The van der Waals surface area contributed by atoms with Gasteiger partial charge in [-0.2, -0.15) is 0 Å². The maximum atomic E-state index is 5.14. The normalized spacial score (nSPS) is 9.50. The summed E-state index contributed by atoms with van der Waals surface area (Å²) in [6.07, 6.45) is 3.46. The van der Waals surface area contributed by atoms with Crippen LogP contribution in [-0.2, 0) is 0 Å². The number of nitrogens with zero attached hydrogens (tertiary/aromatic N) is 1. The van der Waals surface area contributed by atoms with Crippen molar-refractivity contribution in [1.82, 2.24) is 10.3 Å². The molecular formula is C8H9BrN2S. The van der Waals surface area contributed by atoms with Crippen molar-refractivity contribution in [2.45, 2.75) is 6.92 Å². The molecule has 12 heavy (non-hydrogen) atoms. The van der Waals surface area contributed by atoms with Crippen molar-refractivity contribution in [3.8, 4) is 0 Å². The zero-order valence-electron chi connectivity index (χ0n) is 6.67. The lowest BCUT2D eigenvalue weighted by atomic mass is 10.3. The van der Waals surface area contributed by atoms with E-state index in [1.807, 2.05) is 13.0 Å². The van der Waals surface area contributed by atoms with Crippen molar-refractivity contribution in [2.24, 2.45) is 0 Å². The molecule has 0 spiro atoms. The Morgan fingerprint density at radius 1 is 1.75 bits per heavy atom. The first-order valence-corrected chi connectivity index (χ1v) is 4.83. The van der Waals surface area contributed by atoms with Crippen molar-refractivity contribution < 1.29 is 0 Å². The van der Waals surface area contributed by atoms with E-state index in [2.05, 4.69) is 26.2 Å². The van der Waals surface area contributed by atoms with E-state index in [1.54, 1.807) is 12.4 Å². The van der Waals surface area contributed by atoms with Gasteiger partial charge in [0, 0.05) is 29.0 Å². The number of hydrogen-bond acceptors (Lipinski definition) is 2. The minimum absolute atomic E-state index is 0.756. The predicted molar refractivity (Wildman–Crippen MR) is 57.3 cm³/mol. The maximum Gasteiger partial charge on any atom is 0.107 e. The molecule has 4 heteroatoms. The lowest BCUT2D eigenvalue weighted by Crippen LogP contribution is -2.21. The van der Waals surface area contributed by atoms with Gasteiger partial charge in [0.15, 0.2) is 0 Å². The second kappa shape index (κ2) is 4.52. The quantitative estimate of drug-likeness (QED) is 0.808. The van der Waals surface area contributed by atoms with E-state index in [0.29, 0.717) is 0 Å². The summed E-state index contributed by atoms with van der Waals surface area (Å²) in [6, 6.07) is 1.88. The molecule has 0 radical (unpaired) electrons. The van der Waals surface area contributed by atoms with Gasteiger partial charge in [0.2, 0.25) is 0 Å². The Morgan fingerprint density at radius 3 is 3.08 bits per heavy atom. The van der Waals surface area contributed by atoms with Crippen molar-refractivity contribution in [3.63, 3.8) is 0 Å². The third-order valence-corrected chi connectivity index (χ3v) is 2.35.